The molecule has 2 heterocycles. The Morgan fingerprint density at radius 1 is 1.30 bits per heavy atom. The van der Waals surface area contributed by atoms with Crippen molar-refractivity contribution in [1.29, 1.82) is 0 Å². The van der Waals surface area contributed by atoms with Crippen molar-refractivity contribution in [3.8, 4) is 0 Å². The zero-order valence-electron chi connectivity index (χ0n) is 11.8. The van der Waals surface area contributed by atoms with Crippen molar-refractivity contribution in [2.45, 2.75) is 38.1 Å². The molecule has 1 aromatic rings. The number of nitrogens with zero attached hydrogens (tertiary/aromatic N) is 2. The Morgan fingerprint density at radius 3 is 2.35 bits per heavy atom. The van der Waals surface area contributed by atoms with Crippen LogP contribution >= 0.6 is 0 Å². The van der Waals surface area contributed by atoms with Gasteiger partial charge >= 0.3 is 6.18 Å². The molecule has 1 fully saturated rings. The van der Waals surface area contributed by atoms with Crippen molar-refractivity contribution in [2.24, 2.45) is 13.0 Å². The number of hydrogen-bond donors (Lipinski definition) is 1. The number of rotatable bonds is 3. The molecule has 0 bridgehead atoms. The molecule has 0 aromatic carbocycles. The van der Waals surface area contributed by atoms with Crippen LogP contribution in [0.2, 0.25) is 0 Å². The monoisotopic (exact) mass is 290 g/mol. The van der Waals surface area contributed by atoms with Gasteiger partial charge in [-0.05, 0) is 50.9 Å². The molecule has 1 aliphatic heterocycles. The van der Waals surface area contributed by atoms with Gasteiger partial charge in [-0.15, -0.1) is 0 Å². The van der Waals surface area contributed by atoms with E-state index in [0.29, 0.717) is 25.9 Å². The highest BCUT2D eigenvalue weighted by Crippen LogP contribution is 2.40. The highest BCUT2D eigenvalue weighted by molar-refractivity contribution is 5.06. The lowest BCUT2D eigenvalue weighted by molar-refractivity contribution is -0.275. The van der Waals surface area contributed by atoms with Crippen LogP contribution < -0.4 is 0 Å². The largest absolute Gasteiger partial charge is 0.417 e. The third-order valence-corrected chi connectivity index (χ3v) is 4.39. The predicted molar refractivity (Wildman–Crippen MR) is 70.1 cm³/mol. The van der Waals surface area contributed by atoms with Crippen molar-refractivity contribution in [3.05, 3.63) is 24.0 Å². The fourth-order valence-electron chi connectivity index (χ4n) is 2.77. The molecular weight excluding hydrogens is 269 g/mol. The van der Waals surface area contributed by atoms with Crippen LogP contribution in [-0.2, 0) is 13.6 Å². The number of aromatic nitrogens is 1. The predicted octanol–water partition coefficient (Wildman–Crippen LogP) is 2.55. The quantitative estimate of drug-likeness (QED) is 0.926. The maximum atomic E-state index is 12.8. The van der Waals surface area contributed by atoms with Crippen LogP contribution in [0.15, 0.2) is 18.3 Å². The van der Waals surface area contributed by atoms with Crippen LogP contribution in [0.4, 0.5) is 13.2 Å². The van der Waals surface area contributed by atoms with Gasteiger partial charge in [-0.25, -0.2) is 0 Å². The van der Waals surface area contributed by atoms with Gasteiger partial charge in [0.2, 0.25) is 0 Å². The van der Waals surface area contributed by atoms with Crippen LogP contribution in [0.3, 0.4) is 0 Å². The lowest BCUT2D eigenvalue weighted by Crippen LogP contribution is -2.52. The Labute approximate surface area is 117 Å². The van der Waals surface area contributed by atoms with E-state index in [1.807, 2.05) is 29.9 Å². The number of piperidine rings is 1. The van der Waals surface area contributed by atoms with Crippen molar-refractivity contribution in [1.82, 2.24) is 9.47 Å². The minimum Gasteiger partial charge on any atom is -0.380 e. The third-order valence-electron chi connectivity index (χ3n) is 4.39. The maximum absolute atomic E-state index is 12.8. The Bertz CT molecular complexity index is 446. The van der Waals surface area contributed by atoms with Crippen LogP contribution in [0.25, 0.3) is 0 Å². The van der Waals surface area contributed by atoms with Gasteiger partial charge in [-0.1, -0.05) is 0 Å². The standard InChI is InChI=1S/C14H21F3N2O/c1-13(20,14(15,16)17)11-5-8-19(9-6-11)10-12-4-3-7-18(12)2/h3-4,7,11,20H,5-6,8-10H2,1-2H3/t13-/m0/s1. The minimum atomic E-state index is -4.56. The van der Waals surface area contributed by atoms with Gasteiger partial charge in [0.05, 0.1) is 0 Å². The summed E-state index contributed by atoms with van der Waals surface area (Å²) in [6, 6.07) is 3.97. The lowest BCUT2D eigenvalue weighted by atomic mass is 9.81. The second kappa shape index (κ2) is 5.41. The topological polar surface area (TPSA) is 28.4 Å². The fourth-order valence-corrected chi connectivity index (χ4v) is 2.77. The summed E-state index contributed by atoms with van der Waals surface area (Å²) in [5.74, 6) is -0.716. The second-order valence-electron chi connectivity index (χ2n) is 5.81. The normalized spacial score (nSPS) is 21.9. The summed E-state index contributed by atoms with van der Waals surface area (Å²) in [5, 5.41) is 9.72. The van der Waals surface area contributed by atoms with E-state index in [-0.39, 0.29) is 0 Å². The Hall–Kier alpha value is -1.01. The SMILES string of the molecule is Cn1cccc1CN1CCC([C@](C)(O)C(F)(F)F)CC1. The van der Waals surface area contributed by atoms with Gasteiger partial charge in [0.25, 0.3) is 0 Å². The minimum absolute atomic E-state index is 0.372. The maximum Gasteiger partial charge on any atom is 0.417 e. The summed E-state index contributed by atoms with van der Waals surface area (Å²) in [7, 11) is 1.95. The van der Waals surface area contributed by atoms with E-state index in [1.165, 1.54) is 0 Å². The molecular formula is C14H21F3N2O. The van der Waals surface area contributed by atoms with Crippen LogP contribution in [-0.4, -0.2) is 39.4 Å². The van der Waals surface area contributed by atoms with E-state index in [1.54, 1.807) is 0 Å². The Morgan fingerprint density at radius 2 is 1.90 bits per heavy atom. The average molecular weight is 290 g/mol. The number of hydrogen-bond acceptors (Lipinski definition) is 2. The molecule has 0 amide bonds. The molecule has 3 nitrogen and oxygen atoms in total. The van der Waals surface area contributed by atoms with Crippen molar-refractivity contribution < 1.29 is 18.3 Å². The van der Waals surface area contributed by atoms with Crippen molar-refractivity contribution in [3.63, 3.8) is 0 Å². The van der Waals surface area contributed by atoms with Crippen LogP contribution in [0.1, 0.15) is 25.5 Å². The second-order valence-corrected chi connectivity index (χ2v) is 5.81. The molecule has 2 rings (SSSR count). The summed E-state index contributed by atoms with van der Waals surface area (Å²) in [4.78, 5) is 2.14. The summed E-state index contributed by atoms with van der Waals surface area (Å²) in [6.07, 6.45) is -1.86. The molecule has 0 spiro atoms. The zero-order valence-corrected chi connectivity index (χ0v) is 11.8. The number of aryl methyl sites for hydroxylation is 1. The first-order chi connectivity index (χ1) is 9.22. The summed E-state index contributed by atoms with van der Waals surface area (Å²) in [5.41, 5.74) is -1.43. The Balaban J connectivity index is 1.91. The average Bonchev–Trinajstić information content (AvgIpc) is 2.74. The summed E-state index contributed by atoms with van der Waals surface area (Å²) >= 11 is 0. The molecule has 0 saturated carbocycles. The van der Waals surface area contributed by atoms with Gasteiger partial charge < -0.3 is 9.67 Å². The third kappa shape index (κ3) is 3.01. The first kappa shape index (κ1) is 15.4. The van der Waals surface area contributed by atoms with E-state index >= 15 is 0 Å². The fraction of sp³-hybridized carbons (Fsp3) is 0.714. The molecule has 1 N–H and O–H groups in total. The number of likely N-dealkylation sites (tertiary alicyclic amines) is 1. The number of aliphatic hydroxyl groups is 1. The molecule has 1 atom stereocenters. The van der Waals surface area contributed by atoms with Gasteiger partial charge in [-0.3, -0.25) is 4.90 Å². The molecule has 114 valence electrons. The van der Waals surface area contributed by atoms with Gasteiger partial charge in [-0.2, -0.15) is 13.2 Å². The molecule has 0 radical (unpaired) electrons. The highest BCUT2D eigenvalue weighted by Gasteiger charge is 2.54. The summed E-state index contributed by atoms with van der Waals surface area (Å²) in [6.45, 7) is 2.80. The van der Waals surface area contributed by atoms with E-state index in [0.717, 1.165) is 19.2 Å². The Kier molecular flexibility index (Phi) is 4.16. The molecule has 6 heteroatoms. The number of alkyl halides is 3. The molecule has 1 saturated heterocycles. The van der Waals surface area contributed by atoms with Crippen LogP contribution in [0, 0.1) is 5.92 Å². The first-order valence-corrected chi connectivity index (χ1v) is 6.83. The van der Waals surface area contributed by atoms with E-state index in [2.05, 4.69) is 4.90 Å². The van der Waals surface area contributed by atoms with Crippen molar-refractivity contribution >= 4 is 0 Å². The zero-order chi connectivity index (χ0) is 15.0. The molecule has 0 unspecified atom stereocenters. The van der Waals surface area contributed by atoms with E-state index in [9.17, 15) is 18.3 Å². The van der Waals surface area contributed by atoms with E-state index in [4.69, 9.17) is 0 Å². The molecule has 1 aliphatic rings. The highest BCUT2D eigenvalue weighted by atomic mass is 19.4. The van der Waals surface area contributed by atoms with Crippen LogP contribution in [0.5, 0.6) is 0 Å². The molecule has 1 aromatic heterocycles. The van der Waals surface area contributed by atoms with Gasteiger partial charge in [0.15, 0.2) is 5.60 Å². The summed E-state index contributed by atoms with van der Waals surface area (Å²) < 4.78 is 40.4. The number of halogens is 3. The molecule has 0 aliphatic carbocycles. The molecule has 20 heavy (non-hydrogen) atoms. The van der Waals surface area contributed by atoms with Gasteiger partial charge in [0, 0.05) is 25.5 Å². The first-order valence-electron chi connectivity index (χ1n) is 6.83. The van der Waals surface area contributed by atoms with Gasteiger partial charge in [0.1, 0.15) is 0 Å². The van der Waals surface area contributed by atoms with E-state index < -0.39 is 17.7 Å². The smallest absolute Gasteiger partial charge is 0.380 e. The van der Waals surface area contributed by atoms with Crippen molar-refractivity contribution in [2.75, 3.05) is 13.1 Å². The lowest BCUT2D eigenvalue weighted by Gasteiger charge is -2.40.